The Hall–Kier alpha value is -2.10. The molecule has 7 heteroatoms. The molecule has 0 atom stereocenters. The zero-order valence-corrected chi connectivity index (χ0v) is 10.9. The number of amides is 1. The molecule has 0 heterocycles. The fourth-order valence-electron chi connectivity index (χ4n) is 1.70. The van der Waals surface area contributed by atoms with Crippen LogP contribution in [0.2, 0.25) is 0 Å². The minimum atomic E-state index is -1.71. The van der Waals surface area contributed by atoms with Crippen molar-refractivity contribution < 1.29 is 22.4 Å². The Morgan fingerprint density at radius 1 is 1.20 bits per heavy atom. The lowest BCUT2D eigenvalue weighted by Gasteiger charge is -2.22. The molecule has 1 N–H and O–H groups in total. The van der Waals surface area contributed by atoms with Crippen molar-refractivity contribution in [1.29, 1.82) is 5.26 Å². The number of benzene rings is 1. The minimum absolute atomic E-state index is 0.0392. The number of anilines is 1. The third kappa shape index (κ3) is 2.59. The summed E-state index contributed by atoms with van der Waals surface area (Å²) in [6.45, 7) is 3.09. The number of nitrogens with zero attached hydrogens (tertiary/aromatic N) is 1. The lowest BCUT2D eigenvalue weighted by atomic mass is 9.83. The van der Waals surface area contributed by atoms with Crippen molar-refractivity contribution >= 4 is 11.6 Å². The van der Waals surface area contributed by atoms with Gasteiger partial charge in [0.15, 0.2) is 23.3 Å². The molecule has 0 fully saturated rings. The SMILES string of the molecule is CCC(C#N)(CC)C(=O)Nc1c(F)c(F)cc(F)c1F. The maximum absolute atomic E-state index is 13.4. The normalized spacial score (nSPS) is 11.1. The molecular weight excluding hydrogens is 276 g/mol. The maximum atomic E-state index is 13.4. The maximum Gasteiger partial charge on any atom is 0.244 e. The predicted octanol–water partition coefficient (Wildman–Crippen LogP) is 3.51. The highest BCUT2D eigenvalue weighted by Gasteiger charge is 2.36. The molecule has 0 aliphatic carbocycles. The van der Waals surface area contributed by atoms with Crippen molar-refractivity contribution in [2.75, 3.05) is 5.32 Å². The highest BCUT2D eigenvalue weighted by molar-refractivity contribution is 5.97. The van der Waals surface area contributed by atoms with Gasteiger partial charge in [0.1, 0.15) is 11.1 Å². The fraction of sp³-hybridized carbons (Fsp3) is 0.385. The van der Waals surface area contributed by atoms with Crippen LogP contribution in [0, 0.1) is 40.0 Å². The van der Waals surface area contributed by atoms with Gasteiger partial charge in [-0.1, -0.05) is 13.8 Å². The van der Waals surface area contributed by atoms with Crippen LogP contribution in [0.15, 0.2) is 6.07 Å². The van der Waals surface area contributed by atoms with E-state index in [0.29, 0.717) is 0 Å². The Kier molecular flexibility index (Phi) is 4.71. The number of nitriles is 1. The first-order chi connectivity index (χ1) is 9.32. The van der Waals surface area contributed by atoms with Crippen molar-refractivity contribution in [1.82, 2.24) is 0 Å². The van der Waals surface area contributed by atoms with E-state index in [-0.39, 0.29) is 18.9 Å². The number of hydrogen-bond acceptors (Lipinski definition) is 2. The second kappa shape index (κ2) is 5.90. The number of nitrogens with one attached hydrogen (secondary N) is 1. The van der Waals surface area contributed by atoms with Gasteiger partial charge in [0.05, 0.1) is 6.07 Å². The van der Waals surface area contributed by atoms with Gasteiger partial charge in [-0.15, -0.1) is 0 Å². The van der Waals surface area contributed by atoms with Crippen LogP contribution in [0.4, 0.5) is 23.2 Å². The molecule has 108 valence electrons. The van der Waals surface area contributed by atoms with E-state index >= 15 is 0 Å². The van der Waals surface area contributed by atoms with E-state index in [9.17, 15) is 22.4 Å². The van der Waals surface area contributed by atoms with Crippen molar-refractivity contribution in [2.45, 2.75) is 26.7 Å². The van der Waals surface area contributed by atoms with Crippen LogP contribution in [0.3, 0.4) is 0 Å². The van der Waals surface area contributed by atoms with Gasteiger partial charge in [0.25, 0.3) is 0 Å². The zero-order chi connectivity index (χ0) is 15.5. The van der Waals surface area contributed by atoms with Crippen molar-refractivity contribution in [3.05, 3.63) is 29.3 Å². The number of rotatable bonds is 4. The summed E-state index contributed by atoms with van der Waals surface area (Å²) in [5, 5.41) is 10.8. The molecule has 1 rings (SSSR count). The molecule has 0 saturated carbocycles. The van der Waals surface area contributed by atoms with Gasteiger partial charge in [-0.25, -0.2) is 17.6 Å². The molecule has 0 saturated heterocycles. The third-order valence-electron chi connectivity index (χ3n) is 3.21. The van der Waals surface area contributed by atoms with E-state index in [1.807, 2.05) is 0 Å². The van der Waals surface area contributed by atoms with Gasteiger partial charge in [-0.2, -0.15) is 5.26 Å². The first kappa shape index (κ1) is 16.0. The summed E-state index contributed by atoms with van der Waals surface area (Å²) in [5.41, 5.74) is -2.74. The van der Waals surface area contributed by atoms with E-state index in [1.54, 1.807) is 25.2 Å². The summed E-state index contributed by atoms with van der Waals surface area (Å²) in [7, 11) is 0. The van der Waals surface area contributed by atoms with E-state index in [2.05, 4.69) is 0 Å². The average molecular weight is 288 g/mol. The molecule has 0 radical (unpaired) electrons. The summed E-state index contributed by atoms with van der Waals surface area (Å²) in [4.78, 5) is 11.9. The molecule has 0 aliphatic heterocycles. The smallest absolute Gasteiger partial charge is 0.244 e. The highest BCUT2D eigenvalue weighted by Crippen LogP contribution is 2.30. The Balaban J connectivity index is 3.24. The third-order valence-corrected chi connectivity index (χ3v) is 3.21. The molecule has 0 bridgehead atoms. The van der Waals surface area contributed by atoms with Crippen LogP contribution in [0.25, 0.3) is 0 Å². The predicted molar refractivity (Wildman–Crippen MR) is 63.5 cm³/mol. The topological polar surface area (TPSA) is 52.9 Å². The van der Waals surface area contributed by atoms with Crippen LogP contribution in [-0.4, -0.2) is 5.91 Å². The largest absolute Gasteiger partial charge is 0.320 e. The Morgan fingerprint density at radius 2 is 1.65 bits per heavy atom. The van der Waals surface area contributed by atoms with Gasteiger partial charge in [-0.05, 0) is 12.8 Å². The van der Waals surface area contributed by atoms with Crippen molar-refractivity contribution in [2.24, 2.45) is 5.41 Å². The first-order valence-corrected chi connectivity index (χ1v) is 5.88. The minimum Gasteiger partial charge on any atom is -0.320 e. The summed E-state index contributed by atoms with van der Waals surface area (Å²) < 4.78 is 52.9. The molecule has 0 aliphatic rings. The van der Waals surface area contributed by atoms with E-state index in [4.69, 9.17) is 5.26 Å². The van der Waals surface area contributed by atoms with Crippen molar-refractivity contribution in [3.8, 4) is 6.07 Å². The van der Waals surface area contributed by atoms with E-state index < -0.39 is 40.3 Å². The zero-order valence-electron chi connectivity index (χ0n) is 10.9. The number of halogens is 4. The Bertz CT molecular complexity index is 550. The fourth-order valence-corrected chi connectivity index (χ4v) is 1.70. The summed E-state index contributed by atoms with van der Waals surface area (Å²) >= 11 is 0. The molecule has 0 spiro atoms. The van der Waals surface area contributed by atoms with Crippen LogP contribution in [0.5, 0.6) is 0 Å². The average Bonchev–Trinajstić information content (AvgIpc) is 2.44. The molecule has 1 amide bonds. The number of carbonyl (C=O) groups is 1. The van der Waals surface area contributed by atoms with E-state index in [0.717, 1.165) is 0 Å². The van der Waals surface area contributed by atoms with Crippen LogP contribution in [-0.2, 0) is 4.79 Å². The van der Waals surface area contributed by atoms with Crippen LogP contribution < -0.4 is 5.32 Å². The highest BCUT2D eigenvalue weighted by atomic mass is 19.2. The standard InChI is InChI=1S/C13H12F4N2O/c1-3-13(4-2,6-18)12(20)19-11-9(16)7(14)5-8(15)10(11)17/h5H,3-4H2,1-2H3,(H,19,20). The monoisotopic (exact) mass is 288 g/mol. The Labute approximate surface area is 113 Å². The van der Waals surface area contributed by atoms with Gasteiger partial charge >= 0.3 is 0 Å². The van der Waals surface area contributed by atoms with Gasteiger partial charge in [0, 0.05) is 6.07 Å². The number of hydrogen-bond donors (Lipinski definition) is 1. The lowest BCUT2D eigenvalue weighted by molar-refractivity contribution is -0.123. The molecule has 0 aromatic heterocycles. The Morgan fingerprint density at radius 3 is 2.00 bits per heavy atom. The molecule has 0 unspecified atom stereocenters. The molecule has 3 nitrogen and oxygen atoms in total. The van der Waals surface area contributed by atoms with E-state index in [1.165, 1.54) is 0 Å². The van der Waals surface area contributed by atoms with Gasteiger partial charge in [-0.3, -0.25) is 4.79 Å². The molecule has 1 aromatic carbocycles. The number of carbonyl (C=O) groups excluding carboxylic acids is 1. The summed E-state index contributed by atoms with van der Waals surface area (Å²) in [6.07, 6.45) is 0.180. The first-order valence-electron chi connectivity index (χ1n) is 5.88. The second-order valence-electron chi connectivity index (χ2n) is 4.20. The van der Waals surface area contributed by atoms with Crippen LogP contribution in [0.1, 0.15) is 26.7 Å². The lowest BCUT2D eigenvalue weighted by Crippen LogP contribution is -2.34. The van der Waals surface area contributed by atoms with Gasteiger partial charge in [0.2, 0.25) is 5.91 Å². The van der Waals surface area contributed by atoms with Crippen LogP contribution >= 0.6 is 0 Å². The van der Waals surface area contributed by atoms with Crippen molar-refractivity contribution in [3.63, 3.8) is 0 Å². The second-order valence-corrected chi connectivity index (χ2v) is 4.20. The quantitative estimate of drug-likeness (QED) is 0.681. The van der Waals surface area contributed by atoms with Gasteiger partial charge < -0.3 is 5.32 Å². The molecule has 1 aromatic rings. The summed E-state index contributed by atoms with van der Waals surface area (Å²) in [6, 6.07) is 1.80. The summed E-state index contributed by atoms with van der Waals surface area (Å²) in [5.74, 6) is -7.69. The molecular formula is C13H12F4N2O. The molecule has 20 heavy (non-hydrogen) atoms.